The van der Waals surface area contributed by atoms with E-state index in [0.717, 1.165) is 11.5 Å². The van der Waals surface area contributed by atoms with Gasteiger partial charge in [-0.3, -0.25) is 0 Å². The van der Waals surface area contributed by atoms with Crippen LogP contribution in [0.3, 0.4) is 0 Å². The highest BCUT2D eigenvalue weighted by Gasteiger charge is 2.22. The summed E-state index contributed by atoms with van der Waals surface area (Å²) in [6.07, 6.45) is 0. The van der Waals surface area contributed by atoms with E-state index in [4.69, 9.17) is 9.47 Å². The summed E-state index contributed by atoms with van der Waals surface area (Å²) in [5.74, 6) is 1.65. The molecule has 0 radical (unpaired) electrons. The number of benzene rings is 1. The maximum absolute atomic E-state index is 5.42. The van der Waals surface area contributed by atoms with Crippen molar-refractivity contribution >= 4 is 0 Å². The number of methoxy groups -OCH3 is 2. The molecular formula is C13H20O2. The first-order valence-corrected chi connectivity index (χ1v) is 5.13. The molecule has 0 aliphatic carbocycles. The molecule has 0 N–H and O–H groups in total. The molecule has 0 heterocycles. The van der Waals surface area contributed by atoms with E-state index < -0.39 is 0 Å². The van der Waals surface area contributed by atoms with Crippen LogP contribution in [0.1, 0.15) is 31.9 Å². The van der Waals surface area contributed by atoms with Gasteiger partial charge >= 0.3 is 0 Å². The Morgan fingerprint density at radius 1 is 1.00 bits per heavy atom. The van der Waals surface area contributed by atoms with Crippen molar-refractivity contribution in [2.75, 3.05) is 14.2 Å². The van der Waals surface area contributed by atoms with Crippen molar-refractivity contribution < 1.29 is 9.47 Å². The Morgan fingerprint density at radius 3 is 2.00 bits per heavy atom. The molecule has 0 saturated heterocycles. The molecule has 0 spiro atoms. The third kappa shape index (κ3) is 2.44. The molecule has 0 bridgehead atoms. The molecule has 0 aliphatic heterocycles. The third-order valence-corrected chi connectivity index (χ3v) is 2.43. The van der Waals surface area contributed by atoms with Crippen LogP contribution in [0.25, 0.3) is 0 Å². The van der Waals surface area contributed by atoms with Crippen LogP contribution in [0.5, 0.6) is 11.5 Å². The van der Waals surface area contributed by atoms with Gasteiger partial charge in [-0.25, -0.2) is 0 Å². The lowest BCUT2D eigenvalue weighted by Crippen LogP contribution is -2.13. The quantitative estimate of drug-likeness (QED) is 0.742. The number of hydrogen-bond acceptors (Lipinski definition) is 2. The van der Waals surface area contributed by atoms with Gasteiger partial charge in [0.2, 0.25) is 0 Å². The highest BCUT2D eigenvalue weighted by molar-refractivity contribution is 5.51. The van der Waals surface area contributed by atoms with Crippen LogP contribution in [0.4, 0.5) is 0 Å². The van der Waals surface area contributed by atoms with Crippen LogP contribution in [0, 0.1) is 6.92 Å². The van der Waals surface area contributed by atoms with Gasteiger partial charge in [-0.2, -0.15) is 0 Å². The second-order valence-corrected chi connectivity index (χ2v) is 4.80. The van der Waals surface area contributed by atoms with Crippen molar-refractivity contribution in [2.24, 2.45) is 0 Å². The molecule has 0 amide bonds. The SMILES string of the molecule is COc1cc(C)cc(C(C)(C)C)c1OC. The topological polar surface area (TPSA) is 18.5 Å². The van der Waals surface area contributed by atoms with Crippen LogP contribution in [-0.2, 0) is 5.41 Å². The predicted molar refractivity (Wildman–Crippen MR) is 63.0 cm³/mol. The van der Waals surface area contributed by atoms with Crippen LogP contribution < -0.4 is 9.47 Å². The minimum absolute atomic E-state index is 0.0602. The molecule has 1 rings (SSSR count). The first-order chi connectivity index (χ1) is 6.90. The Bertz CT molecular complexity index is 348. The van der Waals surface area contributed by atoms with Gasteiger partial charge in [0.1, 0.15) is 0 Å². The van der Waals surface area contributed by atoms with Gasteiger partial charge in [0.25, 0.3) is 0 Å². The Hall–Kier alpha value is -1.18. The number of rotatable bonds is 2. The molecule has 1 aromatic carbocycles. The summed E-state index contributed by atoms with van der Waals surface area (Å²) in [6.45, 7) is 8.58. The Labute approximate surface area is 92.2 Å². The molecule has 15 heavy (non-hydrogen) atoms. The molecule has 0 aromatic heterocycles. The van der Waals surface area contributed by atoms with E-state index in [1.807, 2.05) is 6.07 Å². The second kappa shape index (κ2) is 4.13. The lowest BCUT2D eigenvalue weighted by molar-refractivity contribution is 0.345. The highest BCUT2D eigenvalue weighted by atomic mass is 16.5. The molecule has 1 aromatic rings. The van der Waals surface area contributed by atoms with E-state index in [2.05, 4.69) is 33.8 Å². The normalized spacial score (nSPS) is 11.3. The van der Waals surface area contributed by atoms with E-state index >= 15 is 0 Å². The van der Waals surface area contributed by atoms with Crippen molar-refractivity contribution in [3.8, 4) is 11.5 Å². The summed E-state index contributed by atoms with van der Waals surface area (Å²) in [4.78, 5) is 0. The molecule has 0 atom stereocenters. The van der Waals surface area contributed by atoms with Crippen LogP contribution >= 0.6 is 0 Å². The van der Waals surface area contributed by atoms with E-state index in [9.17, 15) is 0 Å². The summed E-state index contributed by atoms with van der Waals surface area (Å²) in [5.41, 5.74) is 2.43. The van der Waals surface area contributed by atoms with Gasteiger partial charge in [0.05, 0.1) is 14.2 Å². The van der Waals surface area contributed by atoms with E-state index in [1.54, 1.807) is 14.2 Å². The number of aryl methyl sites for hydroxylation is 1. The molecule has 0 aliphatic rings. The third-order valence-electron chi connectivity index (χ3n) is 2.43. The fraction of sp³-hybridized carbons (Fsp3) is 0.538. The molecule has 2 heteroatoms. The monoisotopic (exact) mass is 208 g/mol. The van der Waals surface area contributed by atoms with Crippen LogP contribution in [-0.4, -0.2) is 14.2 Å². The molecule has 0 fully saturated rings. The van der Waals surface area contributed by atoms with Crippen molar-refractivity contribution in [2.45, 2.75) is 33.1 Å². The van der Waals surface area contributed by atoms with Gasteiger partial charge in [-0.15, -0.1) is 0 Å². The second-order valence-electron chi connectivity index (χ2n) is 4.80. The number of ether oxygens (including phenoxy) is 2. The molecule has 2 nitrogen and oxygen atoms in total. The summed E-state index contributed by atoms with van der Waals surface area (Å²) >= 11 is 0. The summed E-state index contributed by atoms with van der Waals surface area (Å²) < 4.78 is 10.8. The first kappa shape index (κ1) is 11.9. The Morgan fingerprint density at radius 2 is 1.60 bits per heavy atom. The van der Waals surface area contributed by atoms with Crippen molar-refractivity contribution in [1.29, 1.82) is 0 Å². The van der Waals surface area contributed by atoms with Crippen LogP contribution in [0.15, 0.2) is 12.1 Å². The average Bonchev–Trinajstić information content (AvgIpc) is 2.15. The van der Waals surface area contributed by atoms with Gasteiger partial charge in [-0.05, 0) is 24.0 Å². The minimum Gasteiger partial charge on any atom is -0.493 e. The average molecular weight is 208 g/mol. The summed E-state index contributed by atoms with van der Waals surface area (Å²) in [5, 5.41) is 0. The number of hydrogen-bond donors (Lipinski definition) is 0. The van der Waals surface area contributed by atoms with Gasteiger partial charge < -0.3 is 9.47 Å². The summed E-state index contributed by atoms with van der Waals surface area (Å²) in [7, 11) is 3.35. The largest absolute Gasteiger partial charge is 0.493 e. The molecule has 0 unspecified atom stereocenters. The predicted octanol–water partition coefficient (Wildman–Crippen LogP) is 3.31. The van der Waals surface area contributed by atoms with Crippen molar-refractivity contribution in [3.05, 3.63) is 23.3 Å². The zero-order chi connectivity index (χ0) is 11.6. The molecule has 84 valence electrons. The van der Waals surface area contributed by atoms with E-state index in [0.29, 0.717) is 0 Å². The zero-order valence-electron chi connectivity index (χ0n) is 10.5. The fourth-order valence-corrected chi connectivity index (χ4v) is 1.66. The zero-order valence-corrected chi connectivity index (χ0v) is 10.5. The maximum Gasteiger partial charge on any atom is 0.164 e. The van der Waals surface area contributed by atoms with Gasteiger partial charge in [-0.1, -0.05) is 26.8 Å². The first-order valence-electron chi connectivity index (χ1n) is 5.13. The molecule has 0 saturated carbocycles. The Balaban J connectivity index is 3.42. The van der Waals surface area contributed by atoms with E-state index in [1.165, 1.54) is 11.1 Å². The van der Waals surface area contributed by atoms with Crippen molar-refractivity contribution in [3.63, 3.8) is 0 Å². The smallest absolute Gasteiger partial charge is 0.164 e. The minimum atomic E-state index is 0.0602. The Kier molecular flexibility index (Phi) is 3.28. The fourth-order valence-electron chi connectivity index (χ4n) is 1.66. The summed E-state index contributed by atoms with van der Waals surface area (Å²) in [6, 6.07) is 4.15. The van der Waals surface area contributed by atoms with E-state index in [-0.39, 0.29) is 5.41 Å². The van der Waals surface area contributed by atoms with Crippen LogP contribution in [0.2, 0.25) is 0 Å². The lowest BCUT2D eigenvalue weighted by Gasteiger charge is -2.24. The molecular weight excluding hydrogens is 188 g/mol. The van der Waals surface area contributed by atoms with Gasteiger partial charge in [0.15, 0.2) is 11.5 Å². The highest BCUT2D eigenvalue weighted by Crippen LogP contribution is 2.39. The maximum atomic E-state index is 5.42. The van der Waals surface area contributed by atoms with Crippen molar-refractivity contribution in [1.82, 2.24) is 0 Å². The van der Waals surface area contributed by atoms with Gasteiger partial charge in [0, 0.05) is 5.56 Å². The standard InChI is InChI=1S/C13H20O2/c1-9-7-10(13(2,3)4)12(15-6)11(8-9)14-5/h7-8H,1-6H3. The lowest BCUT2D eigenvalue weighted by atomic mass is 9.85.